The van der Waals surface area contributed by atoms with Crippen LogP contribution in [0.15, 0.2) is 128 Å². The summed E-state index contributed by atoms with van der Waals surface area (Å²) >= 11 is 0. The lowest BCUT2D eigenvalue weighted by molar-refractivity contribution is -0.114. The van der Waals surface area contributed by atoms with Gasteiger partial charge in [0.15, 0.2) is 23.1 Å². The van der Waals surface area contributed by atoms with E-state index in [0.29, 0.717) is 66.0 Å². The number of aliphatic hydroxyl groups is 1. The summed E-state index contributed by atoms with van der Waals surface area (Å²) in [6.45, 7) is 2.69. The molecule has 5 aromatic carbocycles. The largest absolute Gasteiger partial charge is 0.508 e. The van der Waals surface area contributed by atoms with Crippen LogP contribution in [0.4, 0.5) is 0 Å². The second-order valence-electron chi connectivity index (χ2n) is 18.2. The number of aliphatic hydroxyl groups excluding tert-OH is 1. The smallest absolute Gasteiger partial charge is 0.165 e. The van der Waals surface area contributed by atoms with Crippen molar-refractivity contribution in [2.45, 2.75) is 102 Å². The minimum atomic E-state index is -0.694. The van der Waals surface area contributed by atoms with Gasteiger partial charge in [-0.2, -0.15) is 0 Å². The van der Waals surface area contributed by atoms with Crippen LogP contribution in [0, 0.1) is 17.8 Å². The first kappa shape index (κ1) is 49.2. The Morgan fingerprint density at radius 3 is 2.37 bits per heavy atom. The molecule has 9 nitrogen and oxygen atoms in total. The van der Waals surface area contributed by atoms with Crippen LogP contribution in [0.5, 0.6) is 17.2 Å². The first-order valence-corrected chi connectivity index (χ1v) is 24.1. The number of rotatable bonds is 22. The van der Waals surface area contributed by atoms with Crippen LogP contribution in [0.2, 0.25) is 0 Å². The predicted octanol–water partition coefficient (Wildman–Crippen LogP) is 10.1. The minimum absolute atomic E-state index is 0.0111. The first-order chi connectivity index (χ1) is 33.0. The Labute approximate surface area is 401 Å². The molecule has 9 heteroatoms. The zero-order valence-corrected chi connectivity index (χ0v) is 39.2. The lowest BCUT2D eigenvalue weighted by Crippen LogP contribution is -2.20. The van der Waals surface area contributed by atoms with Crippen LogP contribution in [0.1, 0.15) is 129 Å². The summed E-state index contributed by atoms with van der Waals surface area (Å²) in [7, 11) is 0. The molecule has 6 aromatic rings. The number of carbonyl (C=O) groups excluding carboxylic acids is 2. The molecule has 0 fully saturated rings. The van der Waals surface area contributed by atoms with Crippen LogP contribution in [0.25, 0.3) is 0 Å². The molecule has 0 saturated carbocycles. The second kappa shape index (κ2) is 24.4. The van der Waals surface area contributed by atoms with Gasteiger partial charge in [-0.05, 0) is 138 Å². The normalized spacial score (nSPS) is 14.0. The van der Waals surface area contributed by atoms with E-state index in [4.69, 9.17) is 16.2 Å². The number of aromatic nitrogens is 1. The number of phenolic OH excluding ortho intramolecular Hbond substituents is 2. The molecule has 2 atom stereocenters. The molecule has 0 saturated heterocycles. The number of Topliss-reactive ketones (excluding diaryl/α,β-unsaturated/α-hetero) is 1. The number of hydrogen-bond acceptors (Lipinski definition) is 8. The molecule has 8 N–H and O–H groups in total. The van der Waals surface area contributed by atoms with Crippen molar-refractivity contribution < 1.29 is 29.6 Å². The molecule has 68 heavy (non-hydrogen) atoms. The maximum atomic E-state index is 13.8. The summed E-state index contributed by atoms with van der Waals surface area (Å²) in [5.41, 5.74) is 23.2. The maximum Gasteiger partial charge on any atom is 0.165 e. The molecule has 0 aliphatic heterocycles. The van der Waals surface area contributed by atoms with Crippen molar-refractivity contribution in [3.05, 3.63) is 194 Å². The molecule has 7 rings (SSSR count). The quantitative estimate of drug-likeness (QED) is 0.0169. The Bertz CT molecular complexity index is 2740. The molecular weight excluding hydrogens is 847 g/mol. The predicted molar refractivity (Wildman–Crippen MR) is 270 cm³/mol. The van der Waals surface area contributed by atoms with Gasteiger partial charge >= 0.3 is 0 Å². The zero-order valence-electron chi connectivity index (χ0n) is 39.2. The molecule has 1 aliphatic carbocycles. The third-order valence-corrected chi connectivity index (χ3v) is 13.1. The van der Waals surface area contributed by atoms with Crippen molar-refractivity contribution in [2.75, 3.05) is 13.2 Å². The van der Waals surface area contributed by atoms with Gasteiger partial charge in [0.1, 0.15) is 5.75 Å². The van der Waals surface area contributed by atoms with E-state index in [2.05, 4.69) is 72.3 Å². The van der Waals surface area contributed by atoms with Crippen molar-refractivity contribution in [1.82, 2.24) is 4.98 Å². The zero-order chi connectivity index (χ0) is 47.8. The van der Waals surface area contributed by atoms with Gasteiger partial charge in [-0.3, -0.25) is 9.59 Å². The fourth-order valence-electron chi connectivity index (χ4n) is 9.12. The Hall–Kier alpha value is -6.70. The van der Waals surface area contributed by atoms with E-state index < -0.39 is 12.1 Å². The number of allylic oxidation sites excluding steroid dienone is 2. The number of aromatic amines is 1. The molecule has 0 unspecified atom stereocenters. The molecule has 352 valence electrons. The third-order valence-electron chi connectivity index (χ3n) is 13.1. The highest BCUT2D eigenvalue weighted by Crippen LogP contribution is 2.38. The Kier molecular flexibility index (Phi) is 17.6. The molecule has 1 aromatic heterocycles. The minimum Gasteiger partial charge on any atom is -0.508 e. The highest BCUT2D eigenvalue weighted by molar-refractivity contribution is 5.98. The van der Waals surface area contributed by atoms with Crippen molar-refractivity contribution in [2.24, 2.45) is 17.4 Å². The van der Waals surface area contributed by atoms with Crippen LogP contribution in [0.3, 0.4) is 0 Å². The van der Waals surface area contributed by atoms with Crippen molar-refractivity contribution in [3.63, 3.8) is 0 Å². The number of ether oxygens (including phenoxy) is 1. The number of nitrogens with one attached hydrogen (secondary N) is 1. The lowest BCUT2D eigenvalue weighted by Gasteiger charge is -2.22. The average molecular weight is 912 g/mol. The van der Waals surface area contributed by atoms with Gasteiger partial charge in [-0.25, -0.2) is 0 Å². The number of hydrogen-bond donors (Lipinski definition) is 6. The summed E-state index contributed by atoms with van der Waals surface area (Å²) in [6.07, 6.45) is 14.3. The van der Waals surface area contributed by atoms with Gasteiger partial charge in [0.2, 0.25) is 0 Å². The van der Waals surface area contributed by atoms with E-state index in [1.807, 2.05) is 42.5 Å². The van der Waals surface area contributed by atoms with E-state index in [9.17, 15) is 24.9 Å². The number of aryl methyl sites for hydroxylation is 4. The van der Waals surface area contributed by atoms with Crippen LogP contribution in [-0.4, -0.2) is 45.1 Å². The standard InChI is InChI=1S/C59H65N3O6/c1-40(15-22-46-35-42(18-23-45(46)30-33-63)17-16-41-10-5-3-6-11-41)9-4-2-7-13-49(64)25-19-43-21-28-56(66)58(37-43)68-34-31-44-20-27-55(65)53(36-44)52-39-57(67)51-29-32-62-54(51)14-8-12-47-38-48(59(60)61)24-26-50(47)52/h3,5-7,10-11,13,18,20-21,23-24,26-29,32,35-38,40,52,59,62-63,65-66H,2,4,9,14-17,19,22,25,30-31,33-34,39,60-61H2,1H3/b13-7+/t40-,52+/m1/s1. The summed E-state index contributed by atoms with van der Waals surface area (Å²) in [5, 5.41) is 31.6. The van der Waals surface area contributed by atoms with Gasteiger partial charge in [-0.1, -0.05) is 110 Å². The lowest BCUT2D eigenvalue weighted by atomic mass is 9.81. The number of benzene rings is 5. The van der Waals surface area contributed by atoms with E-state index in [-0.39, 0.29) is 42.7 Å². The van der Waals surface area contributed by atoms with Crippen LogP contribution >= 0.6 is 0 Å². The van der Waals surface area contributed by atoms with Gasteiger partial charge in [0, 0.05) is 60.4 Å². The molecule has 0 bridgehead atoms. The maximum absolute atomic E-state index is 13.8. The monoisotopic (exact) mass is 911 g/mol. The van der Waals surface area contributed by atoms with E-state index >= 15 is 0 Å². The number of H-pyrrole nitrogens is 1. The average Bonchev–Trinajstić information content (AvgIpc) is 3.82. The van der Waals surface area contributed by atoms with Gasteiger partial charge in [0.25, 0.3) is 0 Å². The Morgan fingerprint density at radius 1 is 0.794 bits per heavy atom. The molecule has 1 aliphatic rings. The number of fused-ring (bicyclic) bond motifs is 2. The highest BCUT2D eigenvalue weighted by Gasteiger charge is 2.27. The van der Waals surface area contributed by atoms with Gasteiger partial charge < -0.3 is 36.5 Å². The summed E-state index contributed by atoms with van der Waals surface area (Å²) in [5.74, 6) is 6.92. The van der Waals surface area contributed by atoms with E-state index in [0.717, 1.165) is 67.3 Å². The van der Waals surface area contributed by atoms with Crippen molar-refractivity contribution in [3.8, 4) is 29.1 Å². The van der Waals surface area contributed by atoms with Crippen LogP contribution < -0.4 is 16.2 Å². The molecule has 0 amide bonds. The van der Waals surface area contributed by atoms with E-state index in [1.165, 1.54) is 22.3 Å². The Morgan fingerprint density at radius 2 is 1.56 bits per heavy atom. The van der Waals surface area contributed by atoms with Gasteiger partial charge in [0.05, 0.1) is 19.2 Å². The number of nitrogens with two attached hydrogens (primary N) is 2. The first-order valence-electron chi connectivity index (χ1n) is 24.1. The van der Waals surface area contributed by atoms with Crippen molar-refractivity contribution >= 4 is 11.6 Å². The van der Waals surface area contributed by atoms with Crippen molar-refractivity contribution in [1.29, 1.82) is 0 Å². The third kappa shape index (κ3) is 13.7. The molecule has 1 heterocycles. The molecular formula is C59H65N3O6. The molecule has 0 spiro atoms. The summed E-state index contributed by atoms with van der Waals surface area (Å²) in [4.78, 5) is 29.8. The van der Waals surface area contributed by atoms with Crippen LogP contribution in [-0.2, 0) is 49.7 Å². The molecule has 0 radical (unpaired) electrons. The summed E-state index contributed by atoms with van der Waals surface area (Å²) in [6, 6.07) is 35.3. The number of unbranched alkanes of at least 4 members (excludes halogenated alkanes) is 1. The second-order valence-corrected chi connectivity index (χ2v) is 18.2. The number of carbonyl (C=O) groups is 2. The number of aromatic hydroxyl groups is 2. The number of ketones is 2. The Balaban J connectivity index is 0.881. The topological polar surface area (TPSA) is 172 Å². The summed E-state index contributed by atoms with van der Waals surface area (Å²) < 4.78 is 6.09. The van der Waals surface area contributed by atoms with Gasteiger partial charge in [-0.15, -0.1) is 0 Å². The fraction of sp³-hybridized carbons (Fsp3) is 0.322. The van der Waals surface area contributed by atoms with E-state index in [1.54, 1.807) is 36.5 Å². The highest BCUT2D eigenvalue weighted by atomic mass is 16.5. The fourth-order valence-corrected chi connectivity index (χ4v) is 9.12. The SMILES string of the molecule is C[C@H](CCC/C=C/C(=O)CCc1ccc(O)c(OCCc2ccc(O)c([C@H]3CC(=O)c4cc[nH]c4CC#Cc4cc(C(N)N)ccc43)c2)c1)CCc1cc(CCc2ccccc2)ccc1CCO. The number of phenols is 2.